The largest absolute Gasteiger partial charge is 0.459 e. The Morgan fingerprint density at radius 3 is 2.74 bits per heavy atom. The van der Waals surface area contributed by atoms with Crippen molar-refractivity contribution in [2.24, 2.45) is 0 Å². The Hall–Kier alpha value is -1.90. The number of hydrogen-bond donors (Lipinski definition) is 2. The van der Waals surface area contributed by atoms with Crippen LogP contribution in [0.5, 0.6) is 0 Å². The van der Waals surface area contributed by atoms with E-state index < -0.39 is 17.2 Å². The molecule has 1 spiro atoms. The summed E-state index contributed by atoms with van der Waals surface area (Å²) in [6.45, 7) is 5.45. The number of aliphatic hydroxyl groups is 1. The molecule has 0 aliphatic carbocycles. The zero-order valence-corrected chi connectivity index (χ0v) is 15.9. The fourth-order valence-electron chi connectivity index (χ4n) is 4.00. The minimum Gasteiger partial charge on any atom is -0.459 e. The van der Waals surface area contributed by atoms with Crippen LogP contribution in [0.1, 0.15) is 43.7 Å². The van der Waals surface area contributed by atoms with Crippen LogP contribution in [-0.2, 0) is 14.3 Å². The first-order valence-electron chi connectivity index (χ1n) is 9.44. The molecule has 2 aliphatic rings. The van der Waals surface area contributed by atoms with Crippen LogP contribution < -0.4 is 5.32 Å². The lowest BCUT2D eigenvalue weighted by Gasteiger charge is -2.53. The summed E-state index contributed by atoms with van der Waals surface area (Å²) in [6, 6.07) is 3.33. The van der Waals surface area contributed by atoms with Crippen LogP contribution in [0.25, 0.3) is 0 Å². The molecule has 3 rings (SSSR count). The maximum Gasteiger partial charge on any atom is 0.289 e. The van der Waals surface area contributed by atoms with Gasteiger partial charge in [0, 0.05) is 26.3 Å². The predicted octanol–water partition coefficient (Wildman–Crippen LogP) is 0.947. The maximum atomic E-state index is 12.4. The number of piperidine rings is 1. The number of likely N-dealkylation sites (tertiary alicyclic amines) is 1. The molecule has 1 aromatic rings. The van der Waals surface area contributed by atoms with Crippen LogP contribution >= 0.6 is 0 Å². The topological polar surface area (TPSA) is 101 Å². The van der Waals surface area contributed by atoms with E-state index in [-0.39, 0.29) is 18.4 Å². The van der Waals surface area contributed by atoms with Crippen molar-refractivity contribution < 1.29 is 28.6 Å². The molecule has 0 aromatic carbocycles. The summed E-state index contributed by atoms with van der Waals surface area (Å²) in [7, 11) is 0. The molecule has 8 nitrogen and oxygen atoms in total. The molecule has 0 bridgehead atoms. The van der Waals surface area contributed by atoms with Gasteiger partial charge in [-0.1, -0.05) is 0 Å². The molecule has 2 atom stereocenters. The third-order valence-corrected chi connectivity index (χ3v) is 5.60. The SMILES string of the molecule is CCOCC(=O)N[C@]1(C)CCOC2(CCN(C(=O)c3ccco3)CC2)[C@H]1O. The Balaban J connectivity index is 1.64. The molecule has 8 heteroatoms. The highest BCUT2D eigenvalue weighted by Crippen LogP contribution is 2.40. The Morgan fingerprint density at radius 1 is 1.37 bits per heavy atom. The van der Waals surface area contributed by atoms with E-state index in [1.54, 1.807) is 17.0 Å². The Morgan fingerprint density at radius 2 is 2.11 bits per heavy atom. The van der Waals surface area contributed by atoms with E-state index in [0.29, 0.717) is 51.3 Å². The molecule has 27 heavy (non-hydrogen) atoms. The van der Waals surface area contributed by atoms with Crippen molar-refractivity contribution in [2.45, 2.75) is 50.4 Å². The lowest BCUT2D eigenvalue weighted by Crippen LogP contribution is -2.69. The van der Waals surface area contributed by atoms with Gasteiger partial charge in [-0.25, -0.2) is 0 Å². The van der Waals surface area contributed by atoms with Crippen LogP contribution in [0.15, 0.2) is 22.8 Å². The first kappa shape index (κ1) is 19.9. The van der Waals surface area contributed by atoms with Gasteiger partial charge in [0.15, 0.2) is 5.76 Å². The fraction of sp³-hybridized carbons (Fsp3) is 0.684. The number of carbonyl (C=O) groups is 2. The monoisotopic (exact) mass is 380 g/mol. The summed E-state index contributed by atoms with van der Waals surface area (Å²) in [5, 5.41) is 14.0. The van der Waals surface area contributed by atoms with Crippen molar-refractivity contribution in [3.05, 3.63) is 24.2 Å². The third-order valence-electron chi connectivity index (χ3n) is 5.60. The first-order chi connectivity index (χ1) is 12.9. The van der Waals surface area contributed by atoms with Gasteiger partial charge < -0.3 is 29.2 Å². The van der Waals surface area contributed by atoms with E-state index in [0.717, 1.165) is 0 Å². The molecule has 0 saturated carbocycles. The van der Waals surface area contributed by atoms with Gasteiger partial charge >= 0.3 is 0 Å². The maximum absolute atomic E-state index is 12.4. The fourth-order valence-corrected chi connectivity index (χ4v) is 4.00. The number of amides is 2. The molecule has 1 aromatic heterocycles. The zero-order chi connectivity index (χ0) is 19.5. The van der Waals surface area contributed by atoms with E-state index >= 15 is 0 Å². The van der Waals surface area contributed by atoms with Crippen LogP contribution in [0.2, 0.25) is 0 Å². The number of nitrogens with one attached hydrogen (secondary N) is 1. The van der Waals surface area contributed by atoms with E-state index in [1.807, 2.05) is 13.8 Å². The minimum absolute atomic E-state index is 0.0297. The number of aliphatic hydroxyl groups excluding tert-OH is 1. The number of hydrogen-bond acceptors (Lipinski definition) is 6. The molecule has 0 radical (unpaired) electrons. The van der Waals surface area contributed by atoms with Crippen molar-refractivity contribution in [3.8, 4) is 0 Å². The predicted molar refractivity (Wildman–Crippen MR) is 96.2 cm³/mol. The van der Waals surface area contributed by atoms with Gasteiger partial charge in [0.25, 0.3) is 5.91 Å². The van der Waals surface area contributed by atoms with Gasteiger partial charge in [-0.3, -0.25) is 9.59 Å². The van der Waals surface area contributed by atoms with Crippen molar-refractivity contribution >= 4 is 11.8 Å². The summed E-state index contributed by atoms with van der Waals surface area (Å²) in [6.07, 6.45) is 2.12. The molecule has 2 aliphatic heterocycles. The normalized spacial score (nSPS) is 27.5. The number of furan rings is 1. The lowest BCUT2D eigenvalue weighted by atomic mass is 9.73. The van der Waals surface area contributed by atoms with Gasteiger partial charge in [-0.15, -0.1) is 0 Å². The summed E-state index contributed by atoms with van der Waals surface area (Å²) < 4.78 is 16.3. The second-order valence-electron chi connectivity index (χ2n) is 7.44. The molecule has 0 unspecified atom stereocenters. The summed E-state index contributed by atoms with van der Waals surface area (Å²) in [4.78, 5) is 26.3. The quantitative estimate of drug-likeness (QED) is 0.789. The van der Waals surface area contributed by atoms with Crippen molar-refractivity contribution in [1.82, 2.24) is 10.2 Å². The molecule has 2 N–H and O–H groups in total. The number of carbonyl (C=O) groups excluding carboxylic acids is 2. The molecule has 2 saturated heterocycles. The second kappa shape index (κ2) is 8.00. The lowest BCUT2D eigenvalue weighted by molar-refractivity contribution is -0.206. The van der Waals surface area contributed by atoms with Crippen LogP contribution in [0.4, 0.5) is 0 Å². The molecule has 2 amide bonds. The van der Waals surface area contributed by atoms with Gasteiger partial charge in [0.1, 0.15) is 12.7 Å². The first-order valence-corrected chi connectivity index (χ1v) is 9.44. The smallest absolute Gasteiger partial charge is 0.289 e. The van der Waals surface area contributed by atoms with Gasteiger partial charge in [0.05, 0.1) is 17.4 Å². The molecule has 2 fully saturated rings. The van der Waals surface area contributed by atoms with Crippen molar-refractivity contribution in [3.63, 3.8) is 0 Å². The average molecular weight is 380 g/mol. The summed E-state index contributed by atoms with van der Waals surface area (Å²) >= 11 is 0. The Labute approximate surface area is 158 Å². The Kier molecular flexibility index (Phi) is 5.88. The van der Waals surface area contributed by atoms with E-state index in [2.05, 4.69) is 5.32 Å². The van der Waals surface area contributed by atoms with E-state index in [9.17, 15) is 14.7 Å². The van der Waals surface area contributed by atoms with Crippen LogP contribution in [0.3, 0.4) is 0 Å². The van der Waals surface area contributed by atoms with Gasteiger partial charge in [-0.2, -0.15) is 0 Å². The molecule has 150 valence electrons. The van der Waals surface area contributed by atoms with Crippen molar-refractivity contribution in [1.29, 1.82) is 0 Å². The number of rotatable bonds is 5. The third kappa shape index (κ3) is 4.02. The van der Waals surface area contributed by atoms with Crippen molar-refractivity contribution in [2.75, 3.05) is 32.9 Å². The average Bonchev–Trinajstić information content (AvgIpc) is 3.19. The zero-order valence-electron chi connectivity index (χ0n) is 15.9. The van der Waals surface area contributed by atoms with E-state index in [4.69, 9.17) is 13.9 Å². The highest BCUT2D eigenvalue weighted by atomic mass is 16.5. The highest BCUT2D eigenvalue weighted by molar-refractivity contribution is 5.91. The molecular weight excluding hydrogens is 352 g/mol. The Bertz CT molecular complexity index is 653. The van der Waals surface area contributed by atoms with E-state index in [1.165, 1.54) is 6.26 Å². The molecular formula is C19H28N2O6. The standard InChI is InChI=1S/C19H28N2O6/c1-3-25-13-15(22)20-18(2)8-12-27-19(17(18)24)6-9-21(10-7-19)16(23)14-5-4-11-26-14/h4-5,11,17,24H,3,6-10,12-13H2,1-2H3,(H,20,22)/t17-,18+/m0/s1. The van der Waals surface area contributed by atoms with Gasteiger partial charge in [0.2, 0.25) is 5.91 Å². The van der Waals surface area contributed by atoms with Gasteiger partial charge in [-0.05, 0) is 45.2 Å². The number of ether oxygens (including phenoxy) is 2. The molecule has 3 heterocycles. The number of nitrogens with zero attached hydrogens (tertiary/aromatic N) is 1. The highest BCUT2D eigenvalue weighted by Gasteiger charge is 2.54. The summed E-state index contributed by atoms with van der Waals surface area (Å²) in [5.41, 5.74) is -1.56. The van der Waals surface area contributed by atoms with Crippen LogP contribution in [0, 0.1) is 0 Å². The summed E-state index contributed by atoms with van der Waals surface area (Å²) in [5.74, 6) is -0.0992. The second-order valence-corrected chi connectivity index (χ2v) is 7.44. The van der Waals surface area contributed by atoms with Crippen LogP contribution in [-0.4, -0.2) is 72.0 Å². The minimum atomic E-state index is -0.870.